The van der Waals surface area contributed by atoms with E-state index in [0.29, 0.717) is 6.54 Å². The summed E-state index contributed by atoms with van der Waals surface area (Å²) in [5.41, 5.74) is 5.22. The van der Waals surface area contributed by atoms with Crippen LogP contribution in [-0.2, 0) is 4.79 Å². The van der Waals surface area contributed by atoms with Gasteiger partial charge in [-0.15, -0.1) is 0 Å². The van der Waals surface area contributed by atoms with Gasteiger partial charge in [-0.25, -0.2) is 4.98 Å². The van der Waals surface area contributed by atoms with E-state index in [-0.39, 0.29) is 5.91 Å². The molecule has 1 aliphatic rings. The molecule has 1 fully saturated rings. The zero-order valence-electron chi connectivity index (χ0n) is 16.8. The SMILES string of the molecule is Cc1c(-c2cccc(N3CCN(CCN(C)C)C(=O)C3)c2)nc2ccccn12. The molecule has 0 saturated carbocycles. The van der Waals surface area contributed by atoms with Crippen LogP contribution < -0.4 is 4.90 Å². The number of hydrogen-bond acceptors (Lipinski definition) is 4. The third-order valence-electron chi connectivity index (χ3n) is 5.39. The molecule has 0 unspecified atom stereocenters. The van der Waals surface area contributed by atoms with Crippen molar-refractivity contribution >= 4 is 17.2 Å². The molecule has 3 heterocycles. The van der Waals surface area contributed by atoms with Gasteiger partial charge >= 0.3 is 0 Å². The Hall–Kier alpha value is -2.86. The highest BCUT2D eigenvalue weighted by Crippen LogP contribution is 2.28. The lowest BCUT2D eigenvalue weighted by Gasteiger charge is -2.36. The summed E-state index contributed by atoms with van der Waals surface area (Å²) >= 11 is 0. The first-order valence-electron chi connectivity index (χ1n) is 9.74. The number of benzene rings is 1. The number of rotatable bonds is 5. The number of nitrogens with zero attached hydrogens (tertiary/aromatic N) is 5. The minimum atomic E-state index is 0.197. The summed E-state index contributed by atoms with van der Waals surface area (Å²) < 4.78 is 2.11. The number of piperazine rings is 1. The molecule has 1 aromatic carbocycles. The van der Waals surface area contributed by atoms with Gasteiger partial charge in [-0.2, -0.15) is 0 Å². The molecule has 146 valence electrons. The number of aryl methyl sites for hydroxylation is 1. The molecule has 28 heavy (non-hydrogen) atoms. The Morgan fingerprint density at radius 3 is 2.71 bits per heavy atom. The van der Waals surface area contributed by atoms with Gasteiger partial charge in [0.05, 0.1) is 12.2 Å². The van der Waals surface area contributed by atoms with Gasteiger partial charge < -0.3 is 19.1 Å². The normalized spacial score (nSPS) is 15.1. The predicted molar refractivity (Wildman–Crippen MR) is 113 cm³/mol. The number of pyridine rings is 1. The van der Waals surface area contributed by atoms with Crippen LogP contribution in [0.3, 0.4) is 0 Å². The van der Waals surface area contributed by atoms with Gasteiger partial charge in [0.2, 0.25) is 5.91 Å². The van der Waals surface area contributed by atoms with Crippen molar-refractivity contribution < 1.29 is 4.79 Å². The molecule has 1 saturated heterocycles. The topological polar surface area (TPSA) is 44.1 Å². The number of anilines is 1. The highest BCUT2D eigenvalue weighted by Gasteiger charge is 2.24. The summed E-state index contributed by atoms with van der Waals surface area (Å²) in [6.45, 7) is 5.84. The largest absolute Gasteiger partial charge is 0.360 e. The Labute approximate surface area is 166 Å². The van der Waals surface area contributed by atoms with Gasteiger partial charge in [0, 0.05) is 49.3 Å². The lowest BCUT2D eigenvalue weighted by atomic mass is 10.1. The smallest absolute Gasteiger partial charge is 0.242 e. The first-order chi connectivity index (χ1) is 13.5. The Morgan fingerprint density at radius 2 is 1.96 bits per heavy atom. The third kappa shape index (κ3) is 3.60. The van der Waals surface area contributed by atoms with Crippen molar-refractivity contribution in [2.24, 2.45) is 0 Å². The highest BCUT2D eigenvalue weighted by molar-refractivity contribution is 5.83. The second-order valence-electron chi connectivity index (χ2n) is 7.63. The number of amides is 1. The maximum atomic E-state index is 12.6. The van der Waals surface area contributed by atoms with Crippen molar-refractivity contribution in [1.29, 1.82) is 0 Å². The highest BCUT2D eigenvalue weighted by atomic mass is 16.2. The molecule has 0 bridgehead atoms. The minimum Gasteiger partial charge on any atom is -0.360 e. The molecule has 0 aliphatic carbocycles. The van der Waals surface area contributed by atoms with E-state index in [0.717, 1.165) is 54.5 Å². The zero-order valence-corrected chi connectivity index (χ0v) is 16.8. The standard InChI is InChI=1S/C22H27N5O/c1-17-22(23-20-9-4-5-10-27(17)20)18-7-6-8-19(15-18)26-14-13-25(21(28)16-26)12-11-24(2)3/h4-10,15H,11-14,16H2,1-3H3. The molecule has 1 aliphatic heterocycles. The fourth-order valence-corrected chi connectivity index (χ4v) is 3.73. The van der Waals surface area contributed by atoms with Gasteiger partial charge in [0.25, 0.3) is 0 Å². The number of fused-ring (bicyclic) bond motifs is 1. The molecule has 0 radical (unpaired) electrons. The number of aromatic nitrogens is 2. The van der Waals surface area contributed by atoms with Crippen LogP contribution in [0.4, 0.5) is 5.69 Å². The number of imidazole rings is 1. The van der Waals surface area contributed by atoms with Gasteiger partial charge in [0.1, 0.15) is 5.65 Å². The maximum absolute atomic E-state index is 12.6. The summed E-state index contributed by atoms with van der Waals surface area (Å²) in [5, 5.41) is 0. The van der Waals surface area contributed by atoms with Gasteiger partial charge in [-0.05, 0) is 45.3 Å². The minimum absolute atomic E-state index is 0.197. The first kappa shape index (κ1) is 18.5. The molecular formula is C22H27N5O. The summed E-state index contributed by atoms with van der Waals surface area (Å²) in [5.74, 6) is 0.197. The Morgan fingerprint density at radius 1 is 1.11 bits per heavy atom. The maximum Gasteiger partial charge on any atom is 0.242 e. The Kier molecular flexibility index (Phi) is 5.05. The predicted octanol–water partition coefficient (Wildman–Crippen LogP) is 2.52. The molecule has 4 rings (SSSR count). The molecule has 3 aromatic rings. The Bertz CT molecular complexity index is 994. The van der Waals surface area contributed by atoms with Crippen molar-refractivity contribution in [2.75, 3.05) is 51.7 Å². The summed E-state index contributed by atoms with van der Waals surface area (Å²) in [6, 6.07) is 14.4. The average molecular weight is 377 g/mol. The van der Waals surface area contributed by atoms with Crippen LogP contribution in [0.1, 0.15) is 5.69 Å². The number of carbonyl (C=O) groups excluding carboxylic acids is 1. The number of hydrogen-bond donors (Lipinski definition) is 0. The molecule has 1 amide bonds. The lowest BCUT2D eigenvalue weighted by Crippen LogP contribution is -2.51. The summed E-state index contributed by atoms with van der Waals surface area (Å²) in [7, 11) is 4.07. The average Bonchev–Trinajstić information content (AvgIpc) is 3.04. The van der Waals surface area contributed by atoms with Crippen LogP contribution in [0.5, 0.6) is 0 Å². The number of carbonyl (C=O) groups is 1. The van der Waals surface area contributed by atoms with Crippen molar-refractivity contribution in [3.63, 3.8) is 0 Å². The van der Waals surface area contributed by atoms with Crippen LogP contribution in [-0.4, -0.2) is 71.9 Å². The second kappa shape index (κ2) is 7.64. The Balaban J connectivity index is 1.54. The second-order valence-corrected chi connectivity index (χ2v) is 7.63. The molecule has 0 atom stereocenters. The fraction of sp³-hybridized carbons (Fsp3) is 0.364. The van der Waals surface area contributed by atoms with Crippen LogP contribution >= 0.6 is 0 Å². The van der Waals surface area contributed by atoms with Gasteiger partial charge in [-0.3, -0.25) is 4.79 Å². The summed E-state index contributed by atoms with van der Waals surface area (Å²) in [4.78, 5) is 23.6. The third-order valence-corrected chi connectivity index (χ3v) is 5.39. The van der Waals surface area contributed by atoms with Crippen molar-refractivity contribution in [1.82, 2.24) is 19.2 Å². The molecule has 2 aromatic heterocycles. The van der Waals surface area contributed by atoms with Crippen LogP contribution in [0.25, 0.3) is 16.9 Å². The molecule has 0 spiro atoms. The van der Waals surface area contributed by atoms with E-state index in [1.165, 1.54) is 0 Å². The van der Waals surface area contributed by atoms with Crippen molar-refractivity contribution in [3.05, 3.63) is 54.4 Å². The fourth-order valence-electron chi connectivity index (χ4n) is 3.73. The van der Waals surface area contributed by atoms with E-state index >= 15 is 0 Å². The number of likely N-dealkylation sites (N-methyl/N-ethyl adjacent to an activating group) is 1. The molecule has 6 nitrogen and oxygen atoms in total. The van der Waals surface area contributed by atoms with E-state index in [1.807, 2.05) is 43.4 Å². The molecular weight excluding hydrogens is 350 g/mol. The van der Waals surface area contributed by atoms with E-state index in [9.17, 15) is 4.79 Å². The first-order valence-corrected chi connectivity index (χ1v) is 9.74. The van der Waals surface area contributed by atoms with Crippen LogP contribution in [0, 0.1) is 6.92 Å². The van der Waals surface area contributed by atoms with E-state index in [1.54, 1.807) is 0 Å². The van der Waals surface area contributed by atoms with E-state index in [4.69, 9.17) is 4.98 Å². The lowest BCUT2D eigenvalue weighted by molar-refractivity contribution is -0.131. The van der Waals surface area contributed by atoms with Crippen molar-refractivity contribution in [3.8, 4) is 11.3 Å². The van der Waals surface area contributed by atoms with Gasteiger partial charge in [0.15, 0.2) is 0 Å². The van der Waals surface area contributed by atoms with Crippen LogP contribution in [0.15, 0.2) is 48.7 Å². The van der Waals surface area contributed by atoms with E-state index in [2.05, 4.69) is 45.4 Å². The molecule has 0 N–H and O–H groups in total. The zero-order chi connectivity index (χ0) is 19.7. The van der Waals surface area contributed by atoms with Crippen LogP contribution in [0.2, 0.25) is 0 Å². The van der Waals surface area contributed by atoms with Gasteiger partial charge in [-0.1, -0.05) is 18.2 Å². The quantitative estimate of drug-likeness (QED) is 0.685. The molecule has 6 heteroatoms. The van der Waals surface area contributed by atoms with E-state index < -0.39 is 0 Å². The summed E-state index contributed by atoms with van der Waals surface area (Å²) in [6.07, 6.45) is 2.04. The van der Waals surface area contributed by atoms with Crippen molar-refractivity contribution in [2.45, 2.75) is 6.92 Å². The monoisotopic (exact) mass is 377 g/mol.